The highest BCUT2D eigenvalue weighted by molar-refractivity contribution is 5.71. The summed E-state index contributed by atoms with van der Waals surface area (Å²) in [5.74, 6) is -0.861. The number of ether oxygens (including phenoxy) is 3. The Bertz CT molecular complexity index is 1470. The maximum absolute atomic E-state index is 13.0. The zero-order valence-corrected chi connectivity index (χ0v) is 55.7. The Morgan fingerprint density at radius 2 is 0.470 bits per heavy atom. The first-order valence-electron chi connectivity index (χ1n) is 36.8. The summed E-state index contributed by atoms with van der Waals surface area (Å²) in [6, 6.07) is 0. The van der Waals surface area contributed by atoms with Crippen LogP contribution in [-0.4, -0.2) is 37.2 Å². The van der Waals surface area contributed by atoms with Crippen molar-refractivity contribution in [3.8, 4) is 0 Å². The van der Waals surface area contributed by atoms with Gasteiger partial charge in [0.2, 0.25) is 0 Å². The topological polar surface area (TPSA) is 78.9 Å². The maximum Gasteiger partial charge on any atom is 0.306 e. The fraction of sp³-hybridized carbons (Fsp3) is 0.831. The zero-order valence-electron chi connectivity index (χ0n) is 55.7. The van der Waals surface area contributed by atoms with Crippen molar-refractivity contribution in [1.29, 1.82) is 0 Å². The van der Waals surface area contributed by atoms with E-state index in [0.717, 1.165) is 89.9 Å². The minimum Gasteiger partial charge on any atom is -0.462 e. The van der Waals surface area contributed by atoms with Gasteiger partial charge in [0.05, 0.1) is 0 Å². The monoisotopic (exact) mass is 1160 g/mol. The van der Waals surface area contributed by atoms with E-state index in [2.05, 4.69) is 81.5 Å². The number of hydrogen-bond acceptors (Lipinski definition) is 6. The fourth-order valence-electron chi connectivity index (χ4n) is 11.0. The van der Waals surface area contributed by atoms with Gasteiger partial charge in [-0.1, -0.05) is 351 Å². The molecule has 6 heteroatoms. The van der Waals surface area contributed by atoms with Gasteiger partial charge in [-0.25, -0.2) is 0 Å². The normalized spacial score (nSPS) is 12.4. The molecule has 6 nitrogen and oxygen atoms in total. The van der Waals surface area contributed by atoms with Crippen LogP contribution < -0.4 is 0 Å². The number of carbonyl (C=O) groups is 3. The SMILES string of the molecule is CC/C=C\C/C=C\C/C=C\C/C=C\CCCCCCCCC(=O)OCC(COC(=O)CCCCCCCCCCCCCCC/C=C\CCCCCCCCCC)OC(=O)CCCCCCCCCCCCCCCCCCCCCCC. The molecule has 0 rings (SSSR count). The first kappa shape index (κ1) is 80.1. The van der Waals surface area contributed by atoms with Crippen LogP contribution in [0.4, 0.5) is 0 Å². The first-order chi connectivity index (χ1) is 41.0. The van der Waals surface area contributed by atoms with Crippen molar-refractivity contribution >= 4 is 17.9 Å². The van der Waals surface area contributed by atoms with E-state index in [1.807, 2.05) is 0 Å². The summed E-state index contributed by atoms with van der Waals surface area (Å²) in [6.07, 6.45) is 92.5. The van der Waals surface area contributed by atoms with Gasteiger partial charge in [-0.15, -0.1) is 0 Å². The van der Waals surface area contributed by atoms with Gasteiger partial charge in [0.15, 0.2) is 6.10 Å². The van der Waals surface area contributed by atoms with Crippen LogP contribution in [0.25, 0.3) is 0 Å². The Morgan fingerprint density at radius 3 is 0.747 bits per heavy atom. The third kappa shape index (κ3) is 69.8. The summed E-state index contributed by atoms with van der Waals surface area (Å²) < 4.78 is 17.0. The molecule has 83 heavy (non-hydrogen) atoms. The first-order valence-corrected chi connectivity index (χ1v) is 36.8. The molecule has 1 atom stereocenters. The van der Waals surface area contributed by atoms with Crippen molar-refractivity contribution in [3.63, 3.8) is 0 Å². The highest BCUT2D eigenvalue weighted by atomic mass is 16.6. The van der Waals surface area contributed by atoms with Gasteiger partial charge >= 0.3 is 17.9 Å². The van der Waals surface area contributed by atoms with E-state index in [1.165, 1.54) is 263 Å². The Balaban J connectivity index is 4.32. The molecule has 0 radical (unpaired) electrons. The molecule has 0 N–H and O–H groups in total. The minimum atomic E-state index is -0.781. The lowest BCUT2D eigenvalue weighted by Crippen LogP contribution is -2.30. The molecule has 0 amide bonds. The van der Waals surface area contributed by atoms with Gasteiger partial charge in [-0.2, -0.15) is 0 Å². The lowest BCUT2D eigenvalue weighted by Gasteiger charge is -2.18. The predicted octanol–water partition coefficient (Wildman–Crippen LogP) is 25.5. The van der Waals surface area contributed by atoms with E-state index in [4.69, 9.17) is 14.2 Å². The third-order valence-corrected chi connectivity index (χ3v) is 16.5. The Labute approximate surface area is 517 Å². The van der Waals surface area contributed by atoms with Crippen molar-refractivity contribution in [1.82, 2.24) is 0 Å². The van der Waals surface area contributed by atoms with Crippen molar-refractivity contribution in [2.24, 2.45) is 0 Å². The van der Waals surface area contributed by atoms with E-state index < -0.39 is 6.10 Å². The summed E-state index contributed by atoms with van der Waals surface area (Å²) in [5, 5.41) is 0. The molecule has 484 valence electrons. The number of rotatable bonds is 68. The van der Waals surface area contributed by atoms with E-state index in [-0.39, 0.29) is 31.1 Å². The van der Waals surface area contributed by atoms with Crippen LogP contribution in [0.15, 0.2) is 60.8 Å². The third-order valence-electron chi connectivity index (χ3n) is 16.5. The minimum absolute atomic E-state index is 0.0745. The lowest BCUT2D eigenvalue weighted by molar-refractivity contribution is -0.167. The van der Waals surface area contributed by atoms with Crippen molar-refractivity contribution < 1.29 is 28.6 Å². The van der Waals surface area contributed by atoms with E-state index in [0.29, 0.717) is 19.3 Å². The molecule has 0 saturated heterocycles. The quantitative estimate of drug-likeness (QED) is 0.0261. The average Bonchev–Trinajstić information content (AvgIpc) is 3.49. The Hall–Kier alpha value is -2.89. The molecule has 0 aromatic carbocycles. The summed E-state index contributed by atoms with van der Waals surface area (Å²) >= 11 is 0. The fourth-order valence-corrected chi connectivity index (χ4v) is 11.0. The summed E-state index contributed by atoms with van der Waals surface area (Å²) in [6.45, 7) is 6.59. The molecular weight excluding hydrogens is 1020 g/mol. The van der Waals surface area contributed by atoms with E-state index in [1.54, 1.807) is 0 Å². The second-order valence-electron chi connectivity index (χ2n) is 24.8. The van der Waals surface area contributed by atoms with Crippen LogP contribution in [-0.2, 0) is 28.6 Å². The maximum atomic E-state index is 13.0. The molecule has 0 aromatic rings. The van der Waals surface area contributed by atoms with Crippen molar-refractivity contribution in [3.05, 3.63) is 60.8 Å². The van der Waals surface area contributed by atoms with Crippen LogP contribution in [0.2, 0.25) is 0 Å². The molecule has 0 heterocycles. The zero-order chi connectivity index (χ0) is 59.9. The number of hydrogen-bond donors (Lipinski definition) is 0. The highest BCUT2D eigenvalue weighted by Gasteiger charge is 2.19. The number of esters is 3. The molecule has 0 aliphatic rings. The molecule has 0 fully saturated rings. The second kappa shape index (κ2) is 71.6. The molecule has 0 aliphatic carbocycles. The van der Waals surface area contributed by atoms with Gasteiger partial charge in [-0.05, 0) is 83.5 Å². The van der Waals surface area contributed by atoms with Crippen LogP contribution >= 0.6 is 0 Å². The molecule has 0 aromatic heterocycles. The Morgan fingerprint density at radius 1 is 0.253 bits per heavy atom. The van der Waals surface area contributed by atoms with Gasteiger partial charge in [0.25, 0.3) is 0 Å². The lowest BCUT2D eigenvalue weighted by atomic mass is 10.0. The second-order valence-corrected chi connectivity index (χ2v) is 24.8. The van der Waals surface area contributed by atoms with Crippen molar-refractivity contribution in [2.45, 2.75) is 399 Å². The van der Waals surface area contributed by atoms with Crippen molar-refractivity contribution in [2.75, 3.05) is 13.2 Å². The predicted molar refractivity (Wildman–Crippen MR) is 362 cm³/mol. The molecular formula is C77H140O6. The molecule has 0 bridgehead atoms. The van der Waals surface area contributed by atoms with Gasteiger partial charge in [0.1, 0.15) is 13.2 Å². The summed E-state index contributed by atoms with van der Waals surface area (Å²) in [7, 11) is 0. The van der Waals surface area contributed by atoms with Gasteiger partial charge in [-0.3, -0.25) is 14.4 Å². The largest absolute Gasteiger partial charge is 0.462 e. The van der Waals surface area contributed by atoms with Crippen LogP contribution in [0.5, 0.6) is 0 Å². The van der Waals surface area contributed by atoms with Crippen LogP contribution in [0, 0.1) is 0 Å². The highest BCUT2D eigenvalue weighted by Crippen LogP contribution is 2.19. The summed E-state index contributed by atoms with van der Waals surface area (Å²) in [5.41, 5.74) is 0. The average molecular weight is 1160 g/mol. The smallest absolute Gasteiger partial charge is 0.306 e. The number of unbranched alkanes of at least 4 members (excludes halogenated alkanes) is 47. The van der Waals surface area contributed by atoms with E-state index in [9.17, 15) is 14.4 Å². The molecule has 0 spiro atoms. The standard InChI is InChI=1S/C77H140O6/c1-4-7-10-13-16-19-22-25-28-31-34-36-37-38-39-41-43-46-49-52-55-58-61-64-67-70-76(79)82-73-74(72-81-75(78)69-66-63-60-57-54-51-48-45-42-33-30-27-24-21-18-15-12-9-6-3)83-77(80)71-68-65-62-59-56-53-50-47-44-40-35-32-29-26-23-20-17-14-11-8-5-2/h9,12,18,21,27,30-31,34,42,45,74H,4-8,10-11,13-17,19-20,22-26,28-29,32-33,35-41,43-44,46-73H2,1-3H3/b12-9-,21-18-,30-27-,34-31-,45-42-. The van der Waals surface area contributed by atoms with E-state index >= 15 is 0 Å². The Kier molecular flexibility index (Phi) is 69.1. The number of carbonyl (C=O) groups excluding carboxylic acids is 3. The van der Waals surface area contributed by atoms with Crippen LogP contribution in [0.3, 0.4) is 0 Å². The molecule has 1 unspecified atom stereocenters. The molecule has 0 aliphatic heterocycles. The van der Waals surface area contributed by atoms with Gasteiger partial charge < -0.3 is 14.2 Å². The number of allylic oxidation sites excluding steroid dienone is 10. The molecule has 0 saturated carbocycles. The summed E-state index contributed by atoms with van der Waals surface area (Å²) in [4.78, 5) is 38.5. The van der Waals surface area contributed by atoms with Gasteiger partial charge in [0, 0.05) is 19.3 Å². The van der Waals surface area contributed by atoms with Crippen LogP contribution in [0.1, 0.15) is 393 Å².